The summed E-state index contributed by atoms with van der Waals surface area (Å²) in [6, 6.07) is 0. The van der Waals surface area contributed by atoms with Gasteiger partial charge in [-0.1, -0.05) is 63.1 Å². The van der Waals surface area contributed by atoms with Gasteiger partial charge in [0.1, 0.15) is 0 Å². The van der Waals surface area contributed by atoms with E-state index in [1.807, 2.05) is 0 Å². The van der Waals surface area contributed by atoms with Crippen LogP contribution in [-0.2, 0) is 0 Å². The van der Waals surface area contributed by atoms with E-state index in [0.717, 1.165) is 23.6 Å². The number of hydrogen-bond donors (Lipinski definition) is 0. The SMILES string of the molecule is CC(C)C(SSC(C)(C)CC(C)(C)CN(C)C)C(C)C. The normalized spacial score (nSPS) is 14.1. The van der Waals surface area contributed by atoms with Gasteiger partial charge in [0.15, 0.2) is 0 Å². The molecular formula is C17H37NS2. The third-order valence-electron chi connectivity index (χ3n) is 3.35. The predicted molar refractivity (Wildman–Crippen MR) is 99.7 cm³/mol. The van der Waals surface area contributed by atoms with Gasteiger partial charge in [0.2, 0.25) is 0 Å². The van der Waals surface area contributed by atoms with Gasteiger partial charge in [-0.3, -0.25) is 0 Å². The van der Waals surface area contributed by atoms with Crippen LogP contribution in [0.3, 0.4) is 0 Å². The molecule has 0 aromatic rings. The molecule has 0 heterocycles. The summed E-state index contributed by atoms with van der Waals surface area (Å²) < 4.78 is 0.326. The molecule has 0 rings (SSSR count). The fourth-order valence-corrected chi connectivity index (χ4v) is 7.16. The minimum absolute atomic E-state index is 0.326. The molecule has 0 radical (unpaired) electrons. The molecule has 0 fully saturated rings. The molecule has 1 nitrogen and oxygen atoms in total. The fourth-order valence-electron chi connectivity index (χ4n) is 3.27. The molecule has 3 heteroatoms. The first-order valence-corrected chi connectivity index (χ1v) is 10.1. The van der Waals surface area contributed by atoms with Crippen molar-refractivity contribution >= 4 is 21.6 Å². The molecule has 0 aliphatic rings. The number of nitrogens with zero attached hydrogens (tertiary/aromatic N) is 1. The molecule has 0 amide bonds. The van der Waals surface area contributed by atoms with Crippen molar-refractivity contribution in [3.63, 3.8) is 0 Å². The van der Waals surface area contributed by atoms with Crippen LogP contribution in [0.5, 0.6) is 0 Å². The highest BCUT2D eigenvalue weighted by Crippen LogP contribution is 2.47. The average Bonchev–Trinajstić information content (AvgIpc) is 2.10. The lowest BCUT2D eigenvalue weighted by molar-refractivity contribution is 0.212. The summed E-state index contributed by atoms with van der Waals surface area (Å²) in [6.07, 6.45) is 1.25. The molecule has 0 aliphatic carbocycles. The van der Waals surface area contributed by atoms with Crippen molar-refractivity contribution in [2.24, 2.45) is 17.3 Å². The molecule has 0 N–H and O–H groups in total. The zero-order valence-corrected chi connectivity index (χ0v) is 17.0. The fraction of sp³-hybridized carbons (Fsp3) is 1.00. The van der Waals surface area contributed by atoms with E-state index in [2.05, 4.69) is 96.0 Å². The quantitative estimate of drug-likeness (QED) is 0.494. The third kappa shape index (κ3) is 8.84. The second-order valence-corrected chi connectivity index (χ2v) is 11.6. The van der Waals surface area contributed by atoms with Gasteiger partial charge in [-0.25, -0.2) is 0 Å². The van der Waals surface area contributed by atoms with E-state index in [9.17, 15) is 0 Å². The zero-order valence-electron chi connectivity index (χ0n) is 15.4. The van der Waals surface area contributed by atoms with Crippen LogP contribution in [0.4, 0.5) is 0 Å². The summed E-state index contributed by atoms with van der Waals surface area (Å²) in [4.78, 5) is 2.30. The maximum atomic E-state index is 2.40. The summed E-state index contributed by atoms with van der Waals surface area (Å²) in [7, 11) is 8.54. The molecule has 0 saturated heterocycles. The molecule has 0 unspecified atom stereocenters. The van der Waals surface area contributed by atoms with Crippen molar-refractivity contribution in [1.82, 2.24) is 4.90 Å². The summed E-state index contributed by atoms with van der Waals surface area (Å²) in [5, 5.41) is 0.747. The van der Waals surface area contributed by atoms with Gasteiger partial charge in [0.05, 0.1) is 0 Å². The third-order valence-corrected chi connectivity index (χ3v) is 7.66. The summed E-state index contributed by atoms with van der Waals surface area (Å²) >= 11 is 0. The first-order valence-electron chi connectivity index (χ1n) is 7.85. The monoisotopic (exact) mass is 319 g/mol. The van der Waals surface area contributed by atoms with Crippen molar-refractivity contribution in [3.05, 3.63) is 0 Å². The van der Waals surface area contributed by atoms with E-state index >= 15 is 0 Å². The van der Waals surface area contributed by atoms with Gasteiger partial charge in [0.25, 0.3) is 0 Å². The van der Waals surface area contributed by atoms with E-state index in [0.29, 0.717) is 10.2 Å². The van der Waals surface area contributed by atoms with Crippen LogP contribution in [0, 0.1) is 17.3 Å². The Morgan fingerprint density at radius 1 is 0.900 bits per heavy atom. The van der Waals surface area contributed by atoms with Crippen LogP contribution >= 0.6 is 21.6 Å². The zero-order chi connectivity index (χ0) is 16.1. The molecule has 0 spiro atoms. The van der Waals surface area contributed by atoms with Crippen molar-refractivity contribution in [2.75, 3.05) is 20.6 Å². The first-order chi connectivity index (χ1) is 8.86. The summed E-state index contributed by atoms with van der Waals surface area (Å²) in [5.74, 6) is 1.50. The maximum absolute atomic E-state index is 2.40. The molecule has 20 heavy (non-hydrogen) atoms. The van der Waals surface area contributed by atoms with Gasteiger partial charge < -0.3 is 4.90 Å². The number of rotatable bonds is 9. The lowest BCUT2D eigenvalue weighted by Crippen LogP contribution is -2.34. The molecule has 0 aromatic heterocycles. The summed E-state index contributed by atoms with van der Waals surface area (Å²) in [5.41, 5.74) is 0.367. The minimum atomic E-state index is 0.326. The highest BCUT2D eigenvalue weighted by atomic mass is 33.1. The Morgan fingerprint density at radius 2 is 1.35 bits per heavy atom. The van der Waals surface area contributed by atoms with E-state index in [-0.39, 0.29) is 0 Å². The first kappa shape index (κ1) is 20.7. The predicted octanol–water partition coefficient (Wildman–Crippen LogP) is 5.80. The van der Waals surface area contributed by atoms with Crippen LogP contribution in [-0.4, -0.2) is 35.5 Å². The van der Waals surface area contributed by atoms with Crippen LogP contribution in [0.1, 0.15) is 61.8 Å². The van der Waals surface area contributed by atoms with Crippen molar-refractivity contribution in [2.45, 2.75) is 71.8 Å². The van der Waals surface area contributed by atoms with Crippen LogP contribution in [0.25, 0.3) is 0 Å². The molecule has 0 atom stereocenters. The molecular weight excluding hydrogens is 282 g/mol. The van der Waals surface area contributed by atoms with E-state index in [4.69, 9.17) is 0 Å². The standard InChI is InChI=1S/C17H37NS2/c1-13(2)15(14(3)4)19-20-17(7,8)11-16(5,6)12-18(9)10/h13-15H,11-12H2,1-10H3. The second-order valence-electron chi connectivity index (χ2n) is 8.47. The van der Waals surface area contributed by atoms with Crippen molar-refractivity contribution in [1.29, 1.82) is 0 Å². The van der Waals surface area contributed by atoms with Gasteiger partial charge in [0, 0.05) is 16.5 Å². The highest BCUT2D eigenvalue weighted by molar-refractivity contribution is 8.77. The molecule has 122 valence electrons. The average molecular weight is 320 g/mol. The van der Waals surface area contributed by atoms with Crippen LogP contribution in [0.15, 0.2) is 0 Å². The smallest absolute Gasteiger partial charge is 0.0213 e. The Morgan fingerprint density at radius 3 is 1.70 bits per heavy atom. The van der Waals surface area contributed by atoms with Crippen LogP contribution < -0.4 is 0 Å². The lowest BCUT2D eigenvalue weighted by atomic mass is 9.83. The van der Waals surface area contributed by atoms with Crippen molar-refractivity contribution in [3.8, 4) is 0 Å². The van der Waals surface area contributed by atoms with E-state index < -0.39 is 0 Å². The van der Waals surface area contributed by atoms with Gasteiger partial charge >= 0.3 is 0 Å². The maximum Gasteiger partial charge on any atom is 0.0213 e. The Hall–Kier alpha value is 0.660. The minimum Gasteiger partial charge on any atom is -0.309 e. The molecule has 0 saturated carbocycles. The van der Waals surface area contributed by atoms with Crippen molar-refractivity contribution < 1.29 is 0 Å². The van der Waals surface area contributed by atoms with E-state index in [1.54, 1.807) is 0 Å². The van der Waals surface area contributed by atoms with Gasteiger partial charge in [-0.2, -0.15) is 0 Å². The molecule has 0 aromatic carbocycles. The topological polar surface area (TPSA) is 3.24 Å². The lowest BCUT2D eigenvalue weighted by Gasteiger charge is -2.37. The van der Waals surface area contributed by atoms with Gasteiger partial charge in [-0.05, 0) is 51.6 Å². The Balaban J connectivity index is 4.51. The Bertz CT molecular complexity index is 262. The largest absolute Gasteiger partial charge is 0.309 e. The Kier molecular flexibility index (Phi) is 8.61. The highest BCUT2D eigenvalue weighted by Gasteiger charge is 2.31. The van der Waals surface area contributed by atoms with E-state index in [1.165, 1.54) is 6.42 Å². The number of hydrogen-bond acceptors (Lipinski definition) is 3. The summed E-state index contributed by atoms with van der Waals surface area (Å²) in [6.45, 7) is 20.1. The Labute approximate surface area is 136 Å². The molecule has 0 aliphatic heterocycles. The van der Waals surface area contributed by atoms with Crippen LogP contribution in [0.2, 0.25) is 0 Å². The van der Waals surface area contributed by atoms with Gasteiger partial charge in [-0.15, -0.1) is 0 Å². The molecule has 0 bridgehead atoms. The second kappa shape index (κ2) is 8.33.